The predicted octanol–water partition coefficient (Wildman–Crippen LogP) is 3.04. The summed E-state index contributed by atoms with van der Waals surface area (Å²) >= 11 is 0. The third-order valence-electron chi connectivity index (χ3n) is 2.66. The van der Waals surface area contributed by atoms with Crippen LogP contribution >= 0.6 is 0 Å². The van der Waals surface area contributed by atoms with Crippen molar-refractivity contribution in [3.8, 4) is 0 Å². The zero-order chi connectivity index (χ0) is 13.3. The second-order valence-electron chi connectivity index (χ2n) is 4.59. The molecule has 17 heavy (non-hydrogen) atoms. The molecule has 0 aliphatic rings. The SMILES string of the molecule is CCNCCCCCN(CC(F)(F)F)C(C)C. The van der Waals surface area contributed by atoms with Crippen LogP contribution in [0.4, 0.5) is 13.2 Å². The fraction of sp³-hybridized carbons (Fsp3) is 1.00. The molecule has 0 aliphatic carbocycles. The molecule has 0 saturated carbocycles. The van der Waals surface area contributed by atoms with Crippen molar-refractivity contribution in [3.05, 3.63) is 0 Å². The molecular formula is C12H25F3N2. The fourth-order valence-corrected chi connectivity index (χ4v) is 1.67. The van der Waals surface area contributed by atoms with Crippen molar-refractivity contribution in [1.29, 1.82) is 0 Å². The zero-order valence-corrected chi connectivity index (χ0v) is 11.1. The van der Waals surface area contributed by atoms with Crippen molar-refractivity contribution in [2.45, 2.75) is 52.3 Å². The van der Waals surface area contributed by atoms with E-state index in [9.17, 15) is 13.2 Å². The summed E-state index contributed by atoms with van der Waals surface area (Å²) < 4.78 is 36.9. The first-order valence-corrected chi connectivity index (χ1v) is 6.38. The molecule has 0 fully saturated rings. The zero-order valence-electron chi connectivity index (χ0n) is 11.1. The molecule has 0 aliphatic heterocycles. The minimum absolute atomic E-state index is 0.0506. The van der Waals surface area contributed by atoms with Gasteiger partial charge in [-0.05, 0) is 46.3 Å². The van der Waals surface area contributed by atoms with Gasteiger partial charge in [0.25, 0.3) is 0 Å². The Morgan fingerprint density at radius 2 is 1.76 bits per heavy atom. The van der Waals surface area contributed by atoms with Crippen molar-refractivity contribution in [1.82, 2.24) is 10.2 Å². The van der Waals surface area contributed by atoms with E-state index in [0.717, 1.165) is 32.4 Å². The Bertz CT molecular complexity index is 181. The van der Waals surface area contributed by atoms with E-state index in [0.29, 0.717) is 6.54 Å². The monoisotopic (exact) mass is 254 g/mol. The van der Waals surface area contributed by atoms with E-state index >= 15 is 0 Å². The van der Waals surface area contributed by atoms with Crippen LogP contribution in [-0.2, 0) is 0 Å². The van der Waals surface area contributed by atoms with E-state index in [2.05, 4.69) is 5.32 Å². The molecule has 5 heteroatoms. The van der Waals surface area contributed by atoms with Crippen LogP contribution in [0.1, 0.15) is 40.0 Å². The van der Waals surface area contributed by atoms with Gasteiger partial charge in [-0.3, -0.25) is 4.90 Å². The molecule has 104 valence electrons. The normalized spacial score (nSPS) is 12.7. The summed E-state index contributed by atoms with van der Waals surface area (Å²) in [5.41, 5.74) is 0. The molecule has 0 bridgehead atoms. The number of alkyl halides is 3. The van der Waals surface area contributed by atoms with Gasteiger partial charge < -0.3 is 5.32 Å². The van der Waals surface area contributed by atoms with Gasteiger partial charge in [-0.15, -0.1) is 0 Å². The third-order valence-corrected chi connectivity index (χ3v) is 2.66. The van der Waals surface area contributed by atoms with E-state index in [1.54, 1.807) is 0 Å². The molecule has 0 saturated heterocycles. The maximum absolute atomic E-state index is 12.3. The number of rotatable bonds is 9. The second-order valence-corrected chi connectivity index (χ2v) is 4.59. The molecule has 0 radical (unpaired) electrons. The molecule has 0 heterocycles. The van der Waals surface area contributed by atoms with Crippen LogP contribution in [0.15, 0.2) is 0 Å². The fourth-order valence-electron chi connectivity index (χ4n) is 1.67. The Kier molecular flexibility index (Phi) is 8.60. The average molecular weight is 254 g/mol. The van der Waals surface area contributed by atoms with Gasteiger partial charge in [-0.1, -0.05) is 13.3 Å². The van der Waals surface area contributed by atoms with Gasteiger partial charge in [-0.25, -0.2) is 0 Å². The lowest BCUT2D eigenvalue weighted by molar-refractivity contribution is -0.149. The summed E-state index contributed by atoms with van der Waals surface area (Å²) in [6.45, 7) is 7.31. The summed E-state index contributed by atoms with van der Waals surface area (Å²) in [6, 6.07) is -0.0506. The highest BCUT2D eigenvalue weighted by Crippen LogP contribution is 2.18. The third kappa shape index (κ3) is 10.6. The van der Waals surface area contributed by atoms with E-state index in [-0.39, 0.29) is 6.04 Å². The first kappa shape index (κ1) is 16.7. The van der Waals surface area contributed by atoms with Crippen LogP contribution in [-0.4, -0.2) is 43.3 Å². The van der Waals surface area contributed by atoms with E-state index < -0.39 is 12.7 Å². The maximum Gasteiger partial charge on any atom is 0.401 e. The summed E-state index contributed by atoms with van der Waals surface area (Å²) in [6.07, 6.45) is -1.24. The molecule has 0 aromatic rings. The Morgan fingerprint density at radius 1 is 1.12 bits per heavy atom. The van der Waals surface area contributed by atoms with Gasteiger partial charge in [0.1, 0.15) is 0 Å². The Labute approximate surface area is 103 Å². The van der Waals surface area contributed by atoms with Crippen molar-refractivity contribution in [2.75, 3.05) is 26.2 Å². The first-order chi connectivity index (χ1) is 7.87. The van der Waals surface area contributed by atoms with Crippen LogP contribution < -0.4 is 5.32 Å². The summed E-state index contributed by atoms with van der Waals surface area (Å²) in [5.74, 6) is 0. The molecule has 1 N–H and O–H groups in total. The van der Waals surface area contributed by atoms with Gasteiger partial charge in [0.15, 0.2) is 0 Å². The van der Waals surface area contributed by atoms with Crippen LogP contribution in [0, 0.1) is 0 Å². The predicted molar refractivity (Wildman–Crippen MR) is 65.2 cm³/mol. The lowest BCUT2D eigenvalue weighted by atomic mass is 10.2. The van der Waals surface area contributed by atoms with Gasteiger partial charge >= 0.3 is 6.18 Å². The van der Waals surface area contributed by atoms with Crippen molar-refractivity contribution in [3.63, 3.8) is 0 Å². The molecule has 0 aromatic heterocycles. The van der Waals surface area contributed by atoms with Gasteiger partial charge in [-0.2, -0.15) is 13.2 Å². The summed E-state index contributed by atoms with van der Waals surface area (Å²) in [4.78, 5) is 1.49. The summed E-state index contributed by atoms with van der Waals surface area (Å²) in [5, 5.41) is 3.20. The molecule has 0 amide bonds. The smallest absolute Gasteiger partial charge is 0.317 e. The number of hydrogen-bond acceptors (Lipinski definition) is 2. The second kappa shape index (κ2) is 8.75. The molecular weight excluding hydrogens is 229 g/mol. The minimum Gasteiger partial charge on any atom is -0.317 e. The first-order valence-electron chi connectivity index (χ1n) is 6.38. The Morgan fingerprint density at radius 3 is 2.24 bits per heavy atom. The van der Waals surface area contributed by atoms with E-state index in [1.165, 1.54) is 4.90 Å². The minimum atomic E-state index is -4.09. The lowest BCUT2D eigenvalue weighted by Crippen LogP contribution is -2.39. The quantitative estimate of drug-likeness (QED) is 0.636. The Hall–Kier alpha value is -0.290. The molecule has 2 nitrogen and oxygen atoms in total. The lowest BCUT2D eigenvalue weighted by Gasteiger charge is -2.27. The molecule has 0 rings (SSSR count). The highest BCUT2D eigenvalue weighted by atomic mass is 19.4. The van der Waals surface area contributed by atoms with E-state index in [4.69, 9.17) is 0 Å². The Balaban J connectivity index is 3.71. The summed E-state index contributed by atoms with van der Waals surface area (Å²) in [7, 11) is 0. The van der Waals surface area contributed by atoms with E-state index in [1.807, 2.05) is 20.8 Å². The number of nitrogens with one attached hydrogen (secondary N) is 1. The largest absolute Gasteiger partial charge is 0.401 e. The molecule has 0 unspecified atom stereocenters. The molecule has 0 aromatic carbocycles. The number of nitrogens with zero attached hydrogens (tertiary/aromatic N) is 1. The average Bonchev–Trinajstić information content (AvgIpc) is 2.19. The molecule has 0 spiro atoms. The number of hydrogen-bond donors (Lipinski definition) is 1. The van der Waals surface area contributed by atoms with Crippen LogP contribution in [0.3, 0.4) is 0 Å². The van der Waals surface area contributed by atoms with Crippen molar-refractivity contribution < 1.29 is 13.2 Å². The molecule has 0 atom stereocenters. The maximum atomic E-state index is 12.3. The van der Waals surface area contributed by atoms with Crippen molar-refractivity contribution >= 4 is 0 Å². The van der Waals surface area contributed by atoms with Gasteiger partial charge in [0.05, 0.1) is 6.54 Å². The van der Waals surface area contributed by atoms with Gasteiger partial charge in [0.2, 0.25) is 0 Å². The van der Waals surface area contributed by atoms with Crippen LogP contribution in [0.5, 0.6) is 0 Å². The topological polar surface area (TPSA) is 15.3 Å². The standard InChI is InChI=1S/C12H25F3N2/c1-4-16-8-6-5-7-9-17(11(2)3)10-12(13,14)15/h11,16H,4-10H2,1-3H3. The number of unbranched alkanes of at least 4 members (excludes halogenated alkanes) is 2. The van der Waals surface area contributed by atoms with Crippen LogP contribution in [0.25, 0.3) is 0 Å². The van der Waals surface area contributed by atoms with Gasteiger partial charge in [0, 0.05) is 6.04 Å². The highest BCUT2D eigenvalue weighted by Gasteiger charge is 2.31. The van der Waals surface area contributed by atoms with Crippen LogP contribution in [0.2, 0.25) is 0 Å². The van der Waals surface area contributed by atoms with Crippen molar-refractivity contribution in [2.24, 2.45) is 0 Å². The highest BCUT2D eigenvalue weighted by molar-refractivity contribution is 4.67. The number of halogens is 3.